The molecule has 4 heteroatoms. The summed E-state index contributed by atoms with van der Waals surface area (Å²) < 4.78 is 6.91. The molecular formula is C15H18BrNO2. The SMILES string of the molecule is Cc1cc(Br)ccc1-c1ccc(CNCCCO)o1. The van der Waals surface area contributed by atoms with Crippen LogP contribution < -0.4 is 5.32 Å². The van der Waals surface area contributed by atoms with Crippen molar-refractivity contribution < 1.29 is 9.52 Å². The number of aliphatic hydroxyl groups excluding tert-OH is 1. The molecule has 0 spiro atoms. The van der Waals surface area contributed by atoms with Gasteiger partial charge in [-0.1, -0.05) is 15.9 Å². The summed E-state index contributed by atoms with van der Waals surface area (Å²) in [6.07, 6.45) is 0.763. The van der Waals surface area contributed by atoms with Crippen molar-refractivity contribution in [3.05, 3.63) is 46.1 Å². The minimum atomic E-state index is 0.217. The molecule has 102 valence electrons. The average Bonchev–Trinajstić information content (AvgIpc) is 2.83. The van der Waals surface area contributed by atoms with E-state index in [9.17, 15) is 0 Å². The zero-order chi connectivity index (χ0) is 13.7. The van der Waals surface area contributed by atoms with E-state index in [4.69, 9.17) is 9.52 Å². The molecule has 0 aliphatic rings. The summed E-state index contributed by atoms with van der Waals surface area (Å²) >= 11 is 3.46. The van der Waals surface area contributed by atoms with Gasteiger partial charge >= 0.3 is 0 Å². The van der Waals surface area contributed by atoms with Crippen molar-refractivity contribution in [1.82, 2.24) is 5.32 Å². The number of aryl methyl sites for hydroxylation is 1. The van der Waals surface area contributed by atoms with Crippen LogP contribution in [0.3, 0.4) is 0 Å². The van der Waals surface area contributed by atoms with E-state index < -0.39 is 0 Å². The predicted molar refractivity (Wildman–Crippen MR) is 80.0 cm³/mol. The molecule has 2 aromatic rings. The topological polar surface area (TPSA) is 45.4 Å². The normalized spacial score (nSPS) is 10.9. The highest BCUT2D eigenvalue weighted by atomic mass is 79.9. The first kappa shape index (κ1) is 14.3. The molecule has 1 heterocycles. The van der Waals surface area contributed by atoms with Crippen LogP contribution in [-0.4, -0.2) is 18.3 Å². The molecular weight excluding hydrogens is 306 g/mol. The molecule has 1 aromatic heterocycles. The molecule has 0 saturated heterocycles. The van der Waals surface area contributed by atoms with E-state index in [2.05, 4.69) is 40.3 Å². The fourth-order valence-electron chi connectivity index (χ4n) is 1.94. The van der Waals surface area contributed by atoms with Crippen molar-refractivity contribution in [1.29, 1.82) is 0 Å². The molecule has 3 nitrogen and oxygen atoms in total. The zero-order valence-corrected chi connectivity index (χ0v) is 12.5. The smallest absolute Gasteiger partial charge is 0.134 e. The maximum atomic E-state index is 8.70. The van der Waals surface area contributed by atoms with Gasteiger partial charge in [-0.15, -0.1) is 0 Å². The van der Waals surface area contributed by atoms with Gasteiger partial charge in [0.1, 0.15) is 11.5 Å². The van der Waals surface area contributed by atoms with Crippen molar-refractivity contribution >= 4 is 15.9 Å². The summed E-state index contributed by atoms with van der Waals surface area (Å²) in [7, 11) is 0. The van der Waals surface area contributed by atoms with E-state index in [0.29, 0.717) is 6.54 Å². The van der Waals surface area contributed by atoms with Crippen molar-refractivity contribution in [2.75, 3.05) is 13.2 Å². The van der Waals surface area contributed by atoms with Crippen LogP contribution >= 0.6 is 15.9 Å². The van der Waals surface area contributed by atoms with Crippen LogP contribution in [-0.2, 0) is 6.54 Å². The second kappa shape index (κ2) is 6.89. The van der Waals surface area contributed by atoms with Crippen LogP contribution in [0, 0.1) is 6.92 Å². The van der Waals surface area contributed by atoms with Gasteiger partial charge in [0.2, 0.25) is 0 Å². The van der Waals surface area contributed by atoms with Gasteiger partial charge in [-0.05, 0) is 55.8 Å². The van der Waals surface area contributed by atoms with E-state index in [-0.39, 0.29) is 6.61 Å². The lowest BCUT2D eigenvalue weighted by Crippen LogP contribution is -2.15. The third-order valence-electron chi connectivity index (χ3n) is 2.93. The molecule has 1 aromatic carbocycles. The summed E-state index contributed by atoms with van der Waals surface area (Å²) in [5.41, 5.74) is 2.30. The number of rotatable bonds is 6. The Bertz CT molecular complexity index is 537. The quantitative estimate of drug-likeness (QED) is 0.800. The lowest BCUT2D eigenvalue weighted by atomic mass is 10.1. The summed E-state index contributed by atoms with van der Waals surface area (Å²) in [5.74, 6) is 1.80. The summed E-state index contributed by atoms with van der Waals surface area (Å²) in [5, 5.41) is 11.9. The second-order valence-corrected chi connectivity index (χ2v) is 5.39. The standard InChI is InChI=1S/C15H18BrNO2/c1-11-9-12(16)3-5-14(11)15-6-4-13(19-15)10-17-7-2-8-18/h3-6,9,17-18H,2,7-8,10H2,1H3. The number of halogens is 1. The monoisotopic (exact) mass is 323 g/mol. The highest BCUT2D eigenvalue weighted by molar-refractivity contribution is 9.10. The lowest BCUT2D eigenvalue weighted by Gasteiger charge is -2.04. The largest absolute Gasteiger partial charge is 0.460 e. The molecule has 0 aliphatic heterocycles. The van der Waals surface area contributed by atoms with Crippen LogP contribution in [0.4, 0.5) is 0 Å². The van der Waals surface area contributed by atoms with E-state index in [1.165, 1.54) is 5.56 Å². The first-order valence-corrected chi connectivity index (χ1v) is 7.17. The molecule has 2 rings (SSSR count). The molecule has 0 atom stereocenters. The Morgan fingerprint density at radius 3 is 2.84 bits per heavy atom. The molecule has 19 heavy (non-hydrogen) atoms. The van der Waals surface area contributed by atoms with E-state index >= 15 is 0 Å². The molecule has 0 amide bonds. The van der Waals surface area contributed by atoms with Crippen molar-refractivity contribution in [3.63, 3.8) is 0 Å². The first-order chi connectivity index (χ1) is 9.20. The third-order valence-corrected chi connectivity index (χ3v) is 3.42. The third kappa shape index (κ3) is 3.93. The fourth-order valence-corrected chi connectivity index (χ4v) is 2.41. The van der Waals surface area contributed by atoms with E-state index in [1.54, 1.807) is 0 Å². The average molecular weight is 324 g/mol. The van der Waals surface area contributed by atoms with Crippen molar-refractivity contribution in [2.45, 2.75) is 19.9 Å². The number of furan rings is 1. The number of hydrogen-bond donors (Lipinski definition) is 2. The zero-order valence-electron chi connectivity index (χ0n) is 10.9. The minimum Gasteiger partial charge on any atom is -0.460 e. The van der Waals surface area contributed by atoms with Gasteiger partial charge in [0.05, 0.1) is 6.54 Å². The Morgan fingerprint density at radius 2 is 2.11 bits per heavy atom. The number of benzene rings is 1. The predicted octanol–water partition coefficient (Wildman–Crippen LogP) is 3.49. The minimum absolute atomic E-state index is 0.217. The molecule has 0 radical (unpaired) electrons. The van der Waals surface area contributed by atoms with Gasteiger partial charge in [-0.25, -0.2) is 0 Å². The Labute approximate surface area is 121 Å². The van der Waals surface area contributed by atoms with E-state index in [0.717, 1.165) is 34.5 Å². The van der Waals surface area contributed by atoms with Gasteiger partial charge in [0.15, 0.2) is 0 Å². The lowest BCUT2D eigenvalue weighted by molar-refractivity contribution is 0.285. The van der Waals surface area contributed by atoms with Gasteiger partial charge in [-0.2, -0.15) is 0 Å². The van der Waals surface area contributed by atoms with Crippen LogP contribution in [0.25, 0.3) is 11.3 Å². The number of nitrogens with one attached hydrogen (secondary N) is 1. The molecule has 0 saturated carbocycles. The summed E-state index contributed by atoms with van der Waals surface area (Å²) in [6, 6.07) is 10.1. The van der Waals surface area contributed by atoms with Gasteiger partial charge in [-0.3, -0.25) is 0 Å². The highest BCUT2D eigenvalue weighted by Gasteiger charge is 2.07. The molecule has 0 bridgehead atoms. The first-order valence-electron chi connectivity index (χ1n) is 6.37. The van der Waals surface area contributed by atoms with Crippen molar-refractivity contribution in [2.24, 2.45) is 0 Å². The van der Waals surface area contributed by atoms with Crippen LogP contribution in [0.2, 0.25) is 0 Å². The Balaban J connectivity index is 2.04. The van der Waals surface area contributed by atoms with Gasteiger partial charge < -0.3 is 14.8 Å². The summed E-state index contributed by atoms with van der Waals surface area (Å²) in [4.78, 5) is 0. The maximum absolute atomic E-state index is 8.70. The number of aliphatic hydroxyl groups is 1. The summed E-state index contributed by atoms with van der Waals surface area (Å²) in [6.45, 7) is 3.77. The number of hydrogen-bond acceptors (Lipinski definition) is 3. The fraction of sp³-hybridized carbons (Fsp3) is 0.333. The van der Waals surface area contributed by atoms with Crippen LogP contribution in [0.15, 0.2) is 39.2 Å². The van der Waals surface area contributed by atoms with Crippen LogP contribution in [0.1, 0.15) is 17.7 Å². The molecule has 0 aliphatic carbocycles. The van der Waals surface area contributed by atoms with Gasteiger partial charge in [0.25, 0.3) is 0 Å². The second-order valence-electron chi connectivity index (χ2n) is 4.48. The molecule has 2 N–H and O–H groups in total. The highest BCUT2D eigenvalue weighted by Crippen LogP contribution is 2.27. The Morgan fingerprint density at radius 1 is 1.26 bits per heavy atom. The van der Waals surface area contributed by atoms with E-state index in [1.807, 2.05) is 18.2 Å². The molecule has 0 fully saturated rings. The van der Waals surface area contributed by atoms with Crippen LogP contribution in [0.5, 0.6) is 0 Å². The van der Waals surface area contributed by atoms with Crippen molar-refractivity contribution in [3.8, 4) is 11.3 Å². The Kier molecular flexibility index (Phi) is 5.19. The maximum Gasteiger partial charge on any atom is 0.134 e. The van der Waals surface area contributed by atoms with Gasteiger partial charge in [0, 0.05) is 16.6 Å². The molecule has 0 unspecified atom stereocenters. The Hall–Kier alpha value is -1.10.